The first kappa shape index (κ1) is 14.9. The molecule has 74 valence electrons. The van der Waals surface area contributed by atoms with Crippen LogP contribution >= 0.6 is 0 Å². The minimum Gasteiger partial charge on any atom is -0.306 e. The van der Waals surface area contributed by atoms with Crippen molar-refractivity contribution in [3.05, 3.63) is 35.9 Å². The molecule has 1 rings (SSSR count). The summed E-state index contributed by atoms with van der Waals surface area (Å²) >= 11 is 8.71. The van der Waals surface area contributed by atoms with Crippen molar-refractivity contribution < 1.29 is 9.11 Å². The van der Waals surface area contributed by atoms with E-state index in [9.17, 15) is 0 Å². The molecular weight excluding hydrogens is 249 g/mol. The van der Waals surface area contributed by atoms with Crippen LogP contribution in [0.1, 0.15) is 8.85 Å². The van der Waals surface area contributed by atoms with Gasteiger partial charge in [-0.2, -0.15) is 0 Å². The van der Waals surface area contributed by atoms with Crippen molar-refractivity contribution in [2.45, 2.75) is 3.29 Å². The van der Waals surface area contributed by atoms with Crippen LogP contribution < -0.4 is 5.73 Å². The van der Waals surface area contributed by atoms with Gasteiger partial charge >= 0.3 is 72.9 Å². The van der Waals surface area contributed by atoms with Crippen LogP contribution in [-0.4, -0.2) is 37.0 Å². The fraction of sp³-hybridized carbons (Fsp3) is 0.143. The average molecular weight is 259 g/mol. The molecule has 0 amide bonds. The fourth-order valence-corrected chi connectivity index (χ4v) is 1.14. The SMILES string of the molecule is N[CH]([Na])c1ccccc1.OS(O)(=S)=S. The number of hydrogen-bond donors (Lipinski definition) is 3. The molecule has 14 heavy (non-hydrogen) atoms. The van der Waals surface area contributed by atoms with Crippen molar-refractivity contribution in [3.63, 3.8) is 0 Å². The topological polar surface area (TPSA) is 66.5 Å². The summed E-state index contributed by atoms with van der Waals surface area (Å²) in [7, 11) is -3.00. The number of nitrogens with two attached hydrogens (primary N) is 1. The van der Waals surface area contributed by atoms with Crippen LogP contribution in [0.3, 0.4) is 0 Å². The third-order valence-corrected chi connectivity index (χ3v) is 1.99. The summed E-state index contributed by atoms with van der Waals surface area (Å²) in [5, 5.41) is 0. The van der Waals surface area contributed by atoms with Gasteiger partial charge in [-0.1, -0.05) is 0 Å². The van der Waals surface area contributed by atoms with E-state index >= 15 is 0 Å². The molecule has 0 aliphatic heterocycles. The van der Waals surface area contributed by atoms with Gasteiger partial charge in [-0.3, -0.25) is 0 Å². The van der Waals surface area contributed by atoms with Gasteiger partial charge in [0.15, 0.2) is 0 Å². The molecule has 0 fully saturated rings. The second kappa shape index (κ2) is 7.21. The molecule has 1 unspecified atom stereocenters. The Labute approximate surface area is 111 Å². The van der Waals surface area contributed by atoms with Crippen molar-refractivity contribution >= 4 is 58.0 Å². The van der Waals surface area contributed by atoms with Gasteiger partial charge in [-0.05, 0) is 0 Å². The van der Waals surface area contributed by atoms with E-state index in [1.165, 1.54) is 5.56 Å². The van der Waals surface area contributed by atoms with E-state index in [0.29, 0.717) is 3.29 Å². The van der Waals surface area contributed by atoms with Crippen LogP contribution in [0.15, 0.2) is 30.3 Å². The van der Waals surface area contributed by atoms with E-state index in [4.69, 9.17) is 14.8 Å². The Morgan fingerprint density at radius 3 is 1.79 bits per heavy atom. The fourth-order valence-electron chi connectivity index (χ4n) is 0.757. The monoisotopic (exact) mass is 259 g/mol. The van der Waals surface area contributed by atoms with Gasteiger partial charge in [0.2, 0.25) is 0 Å². The first-order chi connectivity index (χ1) is 6.30. The maximum atomic E-state index is 7.79. The van der Waals surface area contributed by atoms with Crippen LogP contribution in [0.2, 0.25) is 0 Å². The Bertz CT molecular complexity index is 344. The summed E-state index contributed by atoms with van der Waals surface area (Å²) < 4.78 is 15.9. The molecule has 4 N–H and O–H groups in total. The summed E-state index contributed by atoms with van der Waals surface area (Å²) in [6.45, 7) is 0. The molecule has 0 radical (unpaired) electrons. The van der Waals surface area contributed by atoms with Crippen molar-refractivity contribution in [1.29, 1.82) is 0 Å². The molecule has 0 heterocycles. The zero-order chi connectivity index (χ0) is 11.2. The summed E-state index contributed by atoms with van der Waals surface area (Å²) in [4.78, 5) is 0. The molecule has 0 saturated heterocycles. The van der Waals surface area contributed by atoms with E-state index in [-0.39, 0.29) is 0 Å². The Balaban J connectivity index is 0.000000292. The molecule has 1 aromatic carbocycles. The van der Waals surface area contributed by atoms with Gasteiger partial charge in [-0.15, -0.1) is 0 Å². The van der Waals surface area contributed by atoms with E-state index in [2.05, 4.69) is 34.5 Å². The van der Waals surface area contributed by atoms with Gasteiger partial charge in [0.05, 0.1) is 0 Å². The molecule has 0 aliphatic rings. The van der Waals surface area contributed by atoms with E-state index < -0.39 is 7.71 Å². The maximum absolute atomic E-state index is 7.79. The zero-order valence-corrected chi connectivity index (χ0v) is 12.1. The molecule has 7 heteroatoms. The molecule has 0 spiro atoms. The third-order valence-electron chi connectivity index (χ3n) is 1.33. The molecular formula is C7H10NNaO2S3. The number of hydrogen-bond acceptors (Lipinski definition) is 3. The zero-order valence-electron chi connectivity index (χ0n) is 7.66. The Morgan fingerprint density at radius 2 is 1.57 bits per heavy atom. The summed E-state index contributed by atoms with van der Waals surface area (Å²) in [6.07, 6.45) is 0. The van der Waals surface area contributed by atoms with Crippen molar-refractivity contribution in [1.82, 2.24) is 0 Å². The average Bonchev–Trinajstić information content (AvgIpc) is 2.03. The first-order valence-electron chi connectivity index (χ1n) is 3.81. The standard InChI is InChI=1S/C7H8N.Na.H2O2S3/c8-6-7-4-2-1-3-5-7;;1-5(2,3)4/h1-6H,8H2;;(H2,1,2,3,4). The summed E-state index contributed by atoms with van der Waals surface area (Å²) in [5.74, 6) is 0. The van der Waals surface area contributed by atoms with Crippen molar-refractivity contribution in [3.8, 4) is 0 Å². The summed E-state index contributed by atoms with van der Waals surface area (Å²) in [5.41, 5.74) is 6.93. The number of rotatable bonds is 1. The molecule has 0 aromatic heterocycles. The van der Waals surface area contributed by atoms with Gasteiger partial charge in [0.25, 0.3) is 0 Å². The Hall–Kier alpha value is 0.890. The molecule has 0 bridgehead atoms. The van der Waals surface area contributed by atoms with Crippen LogP contribution in [0.4, 0.5) is 0 Å². The van der Waals surface area contributed by atoms with Gasteiger partial charge in [-0.25, -0.2) is 0 Å². The van der Waals surface area contributed by atoms with E-state index in [1.807, 2.05) is 18.2 Å². The molecule has 1 aromatic rings. The predicted octanol–water partition coefficient (Wildman–Crippen LogP) is 0.823. The van der Waals surface area contributed by atoms with Gasteiger partial charge in [0, 0.05) is 22.4 Å². The second-order valence-corrected chi connectivity index (χ2v) is 8.21. The predicted molar refractivity (Wildman–Crippen MR) is 66.5 cm³/mol. The molecule has 1 atom stereocenters. The van der Waals surface area contributed by atoms with Crippen LogP contribution in [0.5, 0.6) is 0 Å². The summed E-state index contributed by atoms with van der Waals surface area (Å²) in [6, 6.07) is 10.2. The van der Waals surface area contributed by atoms with E-state index in [0.717, 1.165) is 27.9 Å². The smallest absolute Gasteiger partial charge is 0.132 e. The Morgan fingerprint density at radius 1 is 1.21 bits per heavy atom. The Kier molecular flexibility index (Phi) is 7.67. The van der Waals surface area contributed by atoms with Gasteiger partial charge < -0.3 is 9.11 Å². The third kappa shape index (κ3) is 11.0. The number of benzene rings is 1. The molecule has 0 aliphatic carbocycles. The minimum atomic E-state index is -3.00. The van der Waals surface area contributed by atoms with Crippen LogP contribution in [0.25, 0.3) is 0 Å². The largest absolute Gasteiger partial charge is 0.306 e. The van der Waals surface area contributed by atoms with Crippen LogP contribution in [0, 0.1) is 0 Å². The molecule has 0 saturated carbocycles. The quantitative estimate of drug-likeness (QED) is 0.652. The normalized spacial score (nSPS) is 12.6. The van der Waals surface area contributed by atoms with Crippen LogP contribution in [-0.2, 0) is 30.1 Å². The van der Waals surface area contributed by atoms with Gasteiger partial charge in [0.1, 0.15) is 7.71 Å². The minimum absolute atomic E-state index is 0.297. The first-order valence-corrected chi connectivity index (χ1v) is 8.36. The molecule has 3 nitrogen and oxygen atoms in total. The maximum Gasteiger partial charge on any atom is 0.132 e. The second-order valence-electron chi connectivity index (χ2n) is 2.65. The van der Waals surface area contributed by atoms with Crippen molar-refractivity contribution in [2.75, 3.05) is 0 Å². The van der Waals surface area contributed by atoms with E-state index in [1.54, 1.807) is 0 Å². The van der Waals surface area contributed by atoms with Crippen molar-refractivity contribution in [2.24, 2.45) is 5.73 Å².